The van der Waals surface area contributed by atoms with E-state index < -0.39 is 5.60 Å². The summed E-state index contributed by atoms with van der Waals surface area (Å²) >= 11 is 1.54. The van der Waals surface area contributed by atoms with Crippen LogP contribution in [-0.4, -0.2) is 22.7 Å². The van der Waals surface area contributed by atoms with Crippen molar-refractivity contribution >= 4 is 33.0 Å². The molecule has 0 unspecified atom stereocenters. The fourth-order valence-electron chi connectivity index (χ4n) is 5.25. The third-order valence-electron chi connectivity index (χ3n) is 6.98. The van der Waals surface area contributed by atoms with E-state index in [1.54, 1.807) is 0 Å². The van der Waals surface area contributed by atoms with Crippen molar-refractivity contribution in [1.29, 1.82) is 0 Å². The monoisotopic (exact) mass is 435 g/mol. The highest BCUT2D eigenvalue weighted by Crippen LogP contribution is 2.49. The lowest BCUT2D eigenvalue weighted by Gasteiger charge is -2.49. The number of thiophene rings is 1. The minimum Gasteiger partial charge on any atom is -0.390 e. The predicted octanol–water partition coefficient (Wildman–Crippen LogP) is 6.17. The molecular weight excluding hydrogens is 406 g/mol. The summed E-state index contributed by atoms with van der Waals surface area (Å²) < 4.78 is 6.47. The molecule has 0 bridgehead atoms. The fraction of sp³-hybridized carbons (Fsp3) is 0.423. The molecule has 1 saturated heterocycles. The highest BCUT2D eigenvalue weighted by molar-refractivity contribution is 7.16. The average Bonchev–Trinajstić information content (AvgIpc) is 3.21. The lowest BCUT2D eigenvalue weighted by Crippen LogP contribution is -2.51. The molecule has 162 valence electrons. The van der Waals surface area contributed by atoms with Gasteiger partial charge >= 0.3 is 0 Å². The maximum atomic E-state index is 12.8. The molecule has 3 aromatic rings. The number of hydrogen-bond acceptors (Lipinski definition) is 4. The maximum absolute atomic E-state index is 12.8. The molecule has 2 aliphatic rings. The fourth-order valence-corrected chi connectivity index (χ4v) is 6.19. The standard InChI is InChI=1S/C26H29NO3S/c1-16-7-10-20-21(13-16)30-22(15-26(20,2)29)23-11-12-24(31-23)27-25(28)19-9-8-17-5-3-4-6-18(17)14-19/h3-6,8-9,11-12,14,16,20-22,29H,7,10,13,15H2,1-2H3,(H,27,28)/t16-,20-,21-,22-,26+/m1/s1. The Morgan fingerprint density at radius 1 is 1.13 bits per heavy atom. The Morgan fingerprint density at radius 2 is 1.94 bits per heavy atom. The Morgan fingerprint density at radius 3 is 2.77 bits per heavy atom. The van der Waals surface area contributed by atoms with Crippen LogP contribution in [-0.2, 0) is 4.74 Å². The zero-order chi connectivity index (χ0) is 21.6. The van der Waals surface area contributed by atoms with E-state index in [-0.39, 0.29) is 24.0 Å². The van der Waals surface area contributed by atoms with Gasteiger partial charge in [-0.15, -0.1) is 11.3 Å². The van der Waals surface area contributed by atoms with Crippen LogP contribution in [0.4, 0.5) is 5.00 Å². The Bertz CT molecular complexity index is 1100. The summed E-state index contributed by atoms with van der Waals surface area (Å²) in [6, 6.07) is 17.7. The molecule has 31 heavy (non-hydrogen) atoms. The second-order valence-corrected chi connectivity index (χ2v) is 10.6. The molecule has 1 amide bonds. The molecule has 2 fully saturated rings. The van der Waals surface area contributed by atoms with E-state index in [1.165, 1.54) is 11.3 Å². The summed E-state index contributed by atoms with van der Waals surface area (Å²) in [7, 11) is 0. The molecule has 1 aromatic heterocycles. The Kier molecular flexibility index (Phi) is 5.37. The first-order valence-electron chi connectivity index (χ1n) is 11.2. The summed E-state index contributed by atoms with van der Waals surface area (Å²) in [5, 5.41) is 17.1. The van der Waals surface area contributed by atoms with Gasteiger partial charge in [0.05, 0.1) is 22.8 Å². The van der Waals surface area contributed by atoms with Gasteiger partial charge in [-0.1, -0.05) is 43.7 Å². The lowest BCUT2D eigenvalue weighted by molar-refractivity contribution is -0.196. The predicted molar refractivity (Wildman–Crippen MR) is 126 cm³/mol. The van der Waals surface area contributed by atoms with Crippen molar-refractivity contribution in [3.63, 3.8) is 0 Å². The van der Waals surface area contributed by atoms with Gasteiger partial charge in [-0.25, -0.2) is 0 Å². The first-order chi connectivity index (χ1) is 14.9. The van der Waals surface area contributed by atoms with Gasteiger partial charge in [0.1, 0.15) is 0 Å². The van der Waals surface area contributed by atoms with E-state index in [1.807, 2.05) is 61.5 Å². The normalized spacial score (nSPS) is 30.7. The average molecular weight is 436 g/mol. The first kappa shape index (κ1) is 20.7. The Hall–Kier alpha value is -2.21. The van der Waals surface area contributed by atoms with Gasteiger partial charge in [-0.2, -0.15) is 0 Å². The zero-order valence-corrected chi connectivity index (χ0v) is 18.8. The zero-order valence-electron chi connectivity index (χ0n) is 18.0. The number of anilines is 1. The third kappa shape index (κ3) is 4.14. The number of rotatable bonds is 3. The quantitative estimate of drug-likeness (QED) is 0.517. The van der Waals surface area contributed by atoms with Gasteiger partial charge in [0.25, 0.3) is 5.91 Å². The van der Waals surface area contributed by atoms with Gasteiger partial charge in [-0.3, -0.25) is 4.79 Å². The van der Waals surface area contributed by atoms with Crippen LogP contribution in [0.5, 0.6) is 0 Å². The molecule has 1 aliphatic carbocycles. The Balaban J connectivity index is 1.31. The van der Waals surface area contributed by atoms with E-state index in [4.69, 9.17) is 4.74 Å². The van der Waals surface area contributed by atoms with Crippen molar-refractivity contribution in [2.45, 2.75) is 57.3 Å². The van der Waals surface area contributed by atoms with Crippen LogP contribution in [0, 0.1) is 11.8 Å². The molecule has 1 aliphatic heterocycles. The number of carbonyl (C=O) groups excluding carboxylic acids is 1. The van der Waals surface area contributed by atoms with Crippen LogP contribution in [0.25, 0.3) is 10.8 Å². The number of ether oxygens (including phenoxy) is 1. The molecule has 5 atom stereocenters. The summed E-state index contributed by atoms with van der Waals surface area (Å²) in [5.74, 6) is 0.736. The van der Waals surface area contributed by atoms with Crippen LogP contribution < -0.4 is 5.32 Å². The molecule has 5 heteroatoms. The maximum Gasteiger partial charge on any atom is 0.256 e. The molecule has 2 aromatic carbocycles. The largest absolute Gasteiger partial charge is 0.390 e. The summed E-state index contributed by atoms with van der Waals surface area (Å²) in [5.41, 5.74) is -0.0730. The molecule has 4 nitrogen and oxygen atoms in total. The number of amides is 1. The van der Waals surface area contributed by atoms with Crippen LogP contribution in [0.1, 0.15) is 60.9 Å². The van der Waals surface area contributed by atoms with Gasteiger partial charge in [0.2, 0.25) is 0 Å². The summed E-state index contributed by atoms with van der Waals surface area (Å²) in [4.78, 5) is 13.9. The van der Waals surface area contributed by atoms with Crippen molar-refractivity contribution in [3.05, 3.63) is 65.0 Å². The van der Waals surface area contributed by atoms with Crippen molar-refractivity contribution in [1.82, 2.24) is 0 Å². The lowest BCUT2D eigenvalue weighted by atomic mass is 9.69. The highest BCUT2D eigenvalue weighted by atomic mass is 32.1. The third-order valence-corrected chi connectivity index (χ3v) is 8.08. The van der Waals surface area contributed by atoms with E-state index in [2.05, 4.69) is 12.2 Å². The Labute approximate surface area is 187 Å². The van der Waals surface area contributed by atoms with E-state index >= 15 is 0 Å². The number of carbonyl (C=O) groups is 1. The number of hydrogen-bond donors (Lipinski definition) is 2. The molecule has 0 radical (unpaired) electrons. The second kappa shape index (κ2) is 8.05. The molecule has 5 rings (SSSR count). The minimum absolute atomic E-state index is 0.107. The topological polar surface area (TPSA) is 58.6 Å². The van der Waals surface area contributed by atoms with Crippen molar-refractivity contribution in [3.8, 4) is 0 Å². The van der Waals surface area contributed by atoms with Crippen LogP contribution in [0.15, 0.2) is 54.6 Å². The number of fused-ring (bicyclic) bond motifs is 2. The highest BCUT2D eigenvalue weighted by Gasteiger charge is 2.48. The first-order valence-corrected chi connectivity index (χ1v) is 12.0. The molecule has 2 N–H and O–H groups in total. The van der Waals surface area contributed by atoms with E-state index in [9.17, 15) is 9.90 Å². The van der Waals surface area contributed by atoms with E-state index in [0.717, 1.165) is 39.9 Å². The van der Waals surface area contributed by atoms with Crippen molar-refractivity contribution < 1.29 is 14.6 Å². The number of nitrogens with one attached hydrogen (secondary N) is 1. The van der Waals surface area contributed by atoms with Crippen molar-refractivity contribution in [2.75, 3.05) is 5.32 Å². The van der Waals surface area contributed by atoms with Gasteiger partial charge in [-0.05, 0) is 60.7 Å². The van der Waals surface area contributed by atoms with Crippen LogP contribution in [0.3, 0.4) is 0 Å². The summed E-state index contributed by atoms with van der Waals surface area (Å²) in [6.07, 6.45) is 3.78. The summed E-state index contributed by atoms with van der Waals surface area (Å²) in [6.45, 7) is 4.23. The molecule has 0 spiro atoms. The molecule has 1 saturated carbocycles. The van der Waals surface area contributed by atoms with Crippen molar-refractivity contribution in [2.24, 2.45) is 11.8 Å². The smallest absolute Gasteiger partial charge is 0.256 e. The number of benzene rings is 2. The minimum atomic E-state index is -0.716. The second-order valence-electron chi connectivity index (χ2n) is 9.47. The van der Waals surface area contributed by atoms with Crippen LogP contribution >= 0.6 is 11.3 Å². The van der Waals surface area contributed by atoms with Gasteiger partial charge < -0.3 is 15.2 Å². The van der Waals surface area contributed by atoms with Gasteiger partial charge in [0, 0.05) is 22.8 Å². The number of aliphatic hydroxyl groups is 1. The van der Waals surface area contributed by atoms with Crippen LogP contribution in [0.2, 0.25) is 0 Å². The molecular formula is C26H29NO3S. The SMILES string of the molecule is C[C@@H]1CC[C@@H]2[C@@H](C1)O[C@@H](c1ccc(NC(=O)c3ccc4ccccc4c3)s1)C[C@]2(C)O. The van der Waals surface area contributed by atoms with E-state index in [0.29, 0.717) is 17.9 Å². The molecule has 2 heterocycles. The van der Waals surface area contributed by atoms with Gasteiger partial charge in [0.15, 0.2) is 0 Å².